The number of fused-ring (bicyclic) bond motifs is 2. The molecule has 2 aliphatic heterocycles. The predicted molar refractivity (Wildman–Crippen MR) is 75.3 cm³/mol. The molecule has 104 valence electrons. The smallest absolute Gasteiger partial charge is 0.257 e. The van der Waals surface area contributed by atoms with Crippen molar-refractivity contribution in [3.63, 3.8) is 0 Å². The van der Waals surface area contributed by atoms with Crippen LogP contribution in [0.3, 0.4) is 0 Å². The van der Waals surface area contributed by atoms with Crippen LogP contribution in [0.4, 0.5) is 5.69 Å². The zero-order valence-corrected chi connectivity index (χ0v) is 11.6. The van der Waals surface area contributed by atoms with Crippen LogP contribution in [0, 0.1) is 5.92 Å². The maximum Gasteiger partial charge on any atom is 0.257 e. The quantitative estimate of drug-likeness (QED) is 0.726. The molecule has 0 aromatic heterocycles. The summed E-state index contributed by atoms with van der Waals surface area (Å²) in [5.74, 6) is 0.508. The Kier molecular flexibility index (Phi) is 2.29. The number of anilines is 1. The molecule has 1 aliphatic carbocycles. The maximum absolute atomic E-state index is 12.7. The van der Waals surface area contributed by atoms with Gasteiger partial charge in [0.2, 0.25) is 5.91 Å². The number of para-hydroxylation sites is 1. The van der Waals surface area contributed by atoms with Crippen molar-refractivity contribution in [3.8, 4) is 0 Å². The van der Waals surface area contributed by atoms with E-state index in [0.29, 0.717) is 12.0 Å². The summed E-state index contributed by atoms with van der Waals surface area (Å²) in [6.45, 7) is 0. The fraction of sp³-hybridized carbons (Fsp3) is 0.500. The minimum atomic E-state index is -0.402. The van der Waals surface area contributed by atoms with Gasteiger partial charge in [-0.1, -0.05) is 18.6 Å². The molecule has 2 amide bonds. The van der Waals surface area contributed by atoms with Gasteiger partial charge in [0.05, 0.1) is 11.3 Å². The Labute approximate surface area is 118 Å². The molecule has 0 N–H and O–H groups in total. The molecule has 1 aromatic carbocycles. The lowest BCUT2D eigenvalue weighted by molar-refractivity contribution is -0.117. The van der Waals surface area contributed by atoms with Crippen LogP contribution in [0.5, 0.6) is 0 Å². The van der Waals surface area contributed by atoms with E-state index >= 15 is 0 Å². The van der Waals surface area contributed by atoms with Crippen molar-refractivity contribution >= 4 is 17.5 Å². The van der Waals surface area contributed by atoms with Crippen molar-refractivity contribution in [3.05, 3.63) is 29.8 Å². The molecule has 0 radical (unpaired) electrons. The van der Waals surface area contributed by atoms with Crippen molar-refractivity contribution in [2.75, 3.05) is 11.9 Å². The molecule has 3 aliphatic rings. The molecule has 2 atom stereocenters. The first-order valence-corrected chi connectivity index (χ1v) is 7.36. The van der Waals surface area contributed by atoms with E-state index in [4.69, 9.17) is 0 Å². The topological polar surface area (TPSA) is 40.6 Å². The summed E-state index contributed by atoms with van der Waals surface area (Å²) in [5.41, 5.74) is 1.06. The van der Waals surface area contributed by atoms with E-state index in [2.05, 4.69) is 0 Å². The third kappa shape index (κ3) is 1.22. The first-order chi connectivity index (χ1) is 9.66. The second-order valence-corrected chi connectivity index (χ2v) is 6.14. The molecule has 4 rings (SSSR count). The van der Waals surface area contributed by atoms with E-state index in [1.54, 1.807) is 0 Å². The van der Waals surface area contributed by atoms with Gasteiger partial charge in [-0.05, 0) is 31.4 Å². The average molecular weight is 270 g/mol. The maximum atomic E-state index is 12.7. The second kappa shape index (κ2) is 3.84. The number of benzene rings is 1. The lowest BCUT2D eigenvalue weighted by Gasteiger charge is -2.53. The van der Waals surface area contributed by atoms with Crippen LogP contribution >= 0.6 is 0 Å². The van der Waals surface area contributed by atoms with Crippen LogP contribution < -0.4 is 4.90 Å². The summed E-state index contributed by atoms with van der Waals surface area (Å²) in [6.07, 6.45) is 4.77. The van der Waals surface area contributed by atoms with Gasteiger partial charge in [-0.2, -0.15) is 0 Å². The Bertz CT molecular complexity index is 612. The van der Waals surface area contributed by atoms with Crippen molar-refractivity contribution in [2.24, 2.45) is 5.92 Å². The Morgan fingerprint density at radius 3 is 2.85 bits per heavy atom. The van der Waals surface area contributed by atoms with E-state index in [1.807, 2.05) is 41.1 Å². The molecule has 1 saturated carbocycles. The standard InChI is InChI=1S/C16H18N2O2/c1-17-15(20)12-7-2-3-8-13(12)18-14(19)10-11-6-4-5-9-16(11,17)18/h2-3,7-8,11H,4-6,9-10H2,1H3. The third-order valence-corrected chi connectivity index (χ3v) is 5.32. The molecule has 20 heavy (non-hydrogen) atoms. The van der Waals surface area contributed by atoms with Crippen LogP contribution in [-0.2, 0) is 4.79 Å². The molecule has 1 aromatic rings. The SMILES string of the molecule is CN1C(=O)c2ccccc2N2C(=O)CC3CCCCC312. The van der Waals surface area contributed by atoms with E-state index in [0.717, 1.165) is 31.4 Å². The number of hydrogen-bond donors (Lipinski definition) is 0. The fourth-order valence-corrected chi connectivity index (χ4v) is 4.43. The molecule has 1 spiro atoms. The van der Waals surface area contributed by atoms with Crippen LogP contribution in [0.2, 0.25) is 0 Å². The number of carbonyl (C=O) groups excluding carboxylic acids is 2. The van der Waals surface area contributed by atoms with Crippen LogP contribution in [0.25, 0.3) is 0 Å². The largest absolute Gasteiger partial charge is 0.318 e. The Morgan fingerprint density at radius 1 is 1.20 bits per heavy atom. The van der Waals surface area contributed by atoms with Crippen molar-refractivity contribution in [1.29, 1.82) is 0 Å². The Morgan fingerprint density at radius 2 is 2.00 bits per heavy atom. The molecule has 2 unspecified atom stereocenters. The highest BCUT2D eigenvalue weighted by Crippen LogP contribution is 2.52. The predicted octanol–water partition coefficient (Wildman–Crippen LogP) is 2.40. The van der Waals surface area contributed by atoms with Crippen LogP contribution in [0.15, 0.2) is 24.3 Å². The summed E-state index contributed by atoms with van der Waals surface area (Å²) < 4.78 is 0. The molecule has 1 saturated heterocycles. The van der Waals surface area contributed by atoms with Crippen LogP contribution in [0.1, 0.15) is 42.5 Å². The molecule has 2 fully saturated rings. The molecule has 2 heterocycles. The molecule has 4 nitrogen and oxygen atoms in total. The summed E-state index contributed by atoms with van der Waals surface area (Å²) in [5, 5.41) is 0. The Hall–Kier alpha value is -1.84. The summed E-state index contributed by atoms with van der Waals surface area (Å²) in [7, 11) is 1.86. The van der Waals surface area contributed by atoms with Crippen LogP contribution in [-0.4, -0.2) is 29.4 Å². The number of amides is 2. The minimum Gasteiger partial charge on any atom is -0.318 e. The highest BCUT2D eigenvalue weighted by Gasteiger charge is 2.60. The number of hydrogen-bond acceptors (Lipinski definition) is 2. The number of rotatable bonds is 0. The van der Waals surface area contributed by atoms with E-state index in [1.165, 1.54) is 0 Å². The first-order valence-electron chi connectivity index (χ1n) is 7.36. The van der Waals surface area contributed by atoms with Gasteiger partial charge in [0.15, 0.2) is 0 Å². The zero-order chi connectivity index (χ0) is 13.9. The van der Waals surface area contributed by atoms with Gasteiger partial charge in [-0.3, -0.25) is 14.5 Å². The first kappa shape index (κ1) is 11.9. The third-order valence-electron chi connectivity index (χ3n) is 5.32. The summed E-state index contributed by atoms with van der Waals surface area (Å²) in [4.78, 5) is 29.0. The van der Waals surface area contributed by atoms with Gasteiger partial charge in [0.25, 0.3) is 5.91 Å². The highest BCUT2D eigenvalue weighted by molar-refractivity contribution is 6.10. The molecule has 0 bridgehead atoms. The van der Waals surface area contributed by atoms with E-state index in [9.17, 15) is 9.59 Å². The second-order valence-electron chi connectivity index (χ2n) is 6.14. The van der Waals surface area contributed by atoms with Gasteiger partial charge in [-0.15, -0.1) is 0 Å². The summed E-state index contributed by atoms with van der Waals surface area (Å²) in [6, 6.07) is 7.51. The van der Waals surface area contributed by atoms with Gasteiger partial charge in [0.1, 0.15) is 5.66 Å². The highest BCUT2D eigenvalue weighted by atomic mass is 16.2. The Balaban J connectivity index is 1.97. The minimum absolute atomic E-state index is 0.0541. The van der Waals surface area contributed by atoms with Gasteiger partial charge < -0.3 is 4.90 Å². The molecular weight excluding hydrogens is 252 g/mol. The van der Waals surface area contributed by atoms with Crippen molar-refractivity contribution < 1.29 is 9.59 Å². The van der Waals surface area contributed by atoms with Crippen molar-refractivity contribution in [2.45, 2.75) is 37.8 Å². The average Bonchev–Trinajstić information content (AvgIpc) is 2.78. The fourth-order valence-electron chi connectivity index (χ4n) is 4.43. The van der Waals surface area contributed by atoms with E-state index < -0.39 is 5.66 Å². The molecular formula is C16H18N2O2. The number of carbonyl (C=O) groups is 2. The monoisotopic (exact) mass is 270 g/mol. The van der Waals surface area contributed by atoms with E-state index in [-0.39, 0.29) is 17.7 Å². The van der Waals surface area contributed by atoms with Gasteiger partial charge in [-0.25, -0.2) is 0 Å². The van der Waals surface area contributed by atoms with Gasteiger partial charge in [0, 0.05) is 19.4 Å². The zero-order valence-electron chi connectivity index (χ0n) is 11.6. The van der Waals surface area contributed by atoms with Crippen molar-refractivity contribution in [1.82, 2.24) is 4.90 Å². The number of nitrogens with zero attached hydrogens (tertiary/aromatic N) is 2. The molecule has 4 heteroatoms. The lowest BCUT2D eigenvalue weighted by Crippen LogP contribution is -2.65. The lowest BCUT2D eigenvalue weighted by atomic mass is 9.77. The normalized spacial score (nSPS) is 31.9. The summed E-state index contributed by atoms with van der Waals surface area (Å²) >= 11 is 0. The van der Waals surface area contributed by atoms with Gasteiger partial charge >= 0.3 is 0 Å².